The van der Waals surface area contributed by atoms with E-state index in [2.05, 4.69) is 6.92 Å². The number of rotatable bonds is 9. The molecule has 2 aromatic rings. The fourth-order valence-electron chi connectivity index (χ4n) is 2.52. The van der Waals surface area contributed by atoms with Gasteiger partial charge in [-0.25, -0.2) is 4.79 Å². The second-order valence-corrected chi connectivity index (χ2v) is 5.89. The molecule has 3 nitrogen and oxygen atoms in total. The Morgan fingerprint density at radius 3 is 2.17 bits per heavy atom. The summed E-state index contributed by atoms with van der Waals surface area (Å²) in [6.07, 6.45) is 7.28. The van der Waals surface area contributed by atoms with Crippen LogP contribution in [0.15, 0.2) is 54.6 Å². The molecule has 0 unspecified atom stereocenters. The molecule has 0 fully saturated rings. The number of hydrogen-bond donors (Lipinski definition) is 0. The maximum absolute atomic E-state index is 12.0. The number of ether oxygens (including phenoxy) is 1. The molecule has 126 valence electrons. The Hall–Kier alpha value is -2.42. The Morgan fingerprint density at radius 1 is 0.833 bits per heavy atom. The molecular formula is C21H24O3. The van der Waals surface area contributed by atoms with Crippen molar-refractivity contribution < 1.29 is 14.3 Å². The SMILES string of the molecule is CCCCCCCc1ccc(OC(=O)C(=O)c2ccccc2)cc1. The fourth-order valence-corrected chi connectivity index (χ4v) is 2.52. The molecule has 0 spiro atoms. The van der Waals surface area contributed by atoms with Crippen LogP contribution in [0, 0.1) is 0 Å². The highest BCUT2D eigenvalue weighted by molar-refractivity contribution is 6.41. The number of carbonyl (C=O) groups excluding carboxylic acids is 2. The number of aryl methyl sites for hydroxylation is 1. The molecule has 2 rings (SSSR count). The Balaban J connectivity index is 1.83. The lowest BCUT2D eigenvalue weighted by Gasteiger charge is -2.06. The summed E-state index contributed by atoms with van der Waals surface area (Å²) in [5, 5.41) is 0. The smallest absolute Gasteiger partial charge is 0.385 e. The first-order valence-corrected chi connectivity index (χ1v) is 8.61. The van der Waals surface area contributed by atoms with E-state index in [1.165, 1.54) is 37.7 Å². The molecule has 0 aromatic heterocycles. The summed E-state index contributed by atoms with van der Waals surface area (Å²) in [5.74, 6) is -1.08. The molecule has 0 amide bonds. The van der Waals surface area contributed by atoms with Gasteiger partial charge in [0.05, 0.1) is 0 Å². The minimum Gasteiger partial charge on any atom is -0.421 e. The molecule has 0 aliphatic carbocycles. The molecule has 0 saturated heterocycles. The van der Waals surface area contributed by atoms with E-state index in [9.17, 15) is 9.59 Å². The van der Waals surface area contributed by atoms with Crippen LogP contribution in [0.25, 0.3) is 0 Å². The first kappa shape index (κ1) is 17.9. The van der Waals surface area contributed by atoms with Crippen molar-refractivity contribution in [1.29, 1.82) is 0 Å². The predicted molar refractivity (Wildman–Crippen MR) is 95.3 cm³/mol. The number of unbranched alkanes of at least 4 members (excludes halogenated alkanes) is 4. The molecule has 0 aliphatic heterocycles. The average molecular weight is 324 g/mol. The first-order valence-electron chi connectivity index (χ1n) is 8.61. The Labute approximate surface area is 143 Å². The van der Waals surface area contributed by atoms with Crippen LogP contribution in [0.1, 0.15) is 54.9 Å². The van der Waals surface area contributed by atoms with Crippen LogP contribution in [0.5, 0.6) is 5.75 Å². The molecule has 3 heteroatoms. The second-order valence-electron chi connectivity index (χ2n) is 5.89. The average Bonchev–Trinajstić information content (AvgIpc) is 2.63. The third-order valence-electron chi connectivity index (χ3n) is 3.92. The molecular weight excluding hydrogens is 300 g/mol. The van der Waals surface area contributed by atoms with Crippen molar-refractivity contribution in [2.24, 2.45) is 0 Å². The lowest BCUT2D eigenvalue weighted by Crippen LogP contribution is -2.20. The van der Waals surface area contributed by atoms with E-state index in [-0.39, 0.29) is 0 Å². The van der Waals surface area contributed by atoms with Gasteiger partial charge in [0.15, 0.2) is 0 Å². The summed E-state index contributed by atoms with van der Waals surface area (Å²) < 4.78 is 5.15. The number of carbonyl (C=O) groups is 2. The van der Waals surface area contributed by atoms with E-state index in [0.717, 1.165) is 6.42 Å². The normalized spacial score (nSPS) is 10.4. The zero-order valence-electron chi connectivity index (χ0n) is 14.2. The van der Waals surface area contributed by atoms with Crippen molar-refractivity contribution in [1.82, 2.24) is 0 Å². The van der Waals surface area contributed by atoms with Gasteiger partial charge in [-0.1, -0.05) is 75.1 Å². The highest BCUT2D eigenvalue weighted by Gasteiger charge is 2.18. The fraction of sp³-hybridized carbons (Fsp3) is 0.333. The van der Waals surface area contributed by atoms with Crippen LogP contribution in [-0.4, -0.2) is 11.8 Å². The van der Waals surface area contributed by atoms with Crippen molar-refractivity contribution in [2.45, 2.75) is 45.4 Å². The minimum atomic E-state index is -0.853. The monoisotopic (exact) mass is 324 g/mol. The van der Waals surface area contributed by atoms with E-state index >= 15 is 0 Å². The third kappa shape index (κ3) is 5.65. The van der Waals surface area contributed by atoms with E-state index in [4.69, 9.17) is 4.74 Å². The quantitative estimate of drug-likeness (QED) is 0.215. The van der Waals surface area contributed by atoms with E-state index in [0.29, 0.717) is 11.3 Å². The first-order chi connectivity index (χ1) is 11.7. The molecule has 0 N–H and O–H groups in total. The summed E-state index contributed by atoms with van der Waals surface area (Å²) in [6, 6.07) is 15.8. The maximum atomic E-state index is 12.0. The summed E-state index contributed by atoms with van der Waals surface area (Å²) in [5.41, 5.74) is 1.56. The summed E-state index contributed by atoms with van der Waals surface area (Å²) >= 11 is 0. The number of esters is 1. The number of ketones is 1. The van der Waals surface area contributed by atoms with Gasteiger partial charge in [0.1, 0.15) is 5.75 Å². The summed E-state index contributed by atoms with van der Waals surface area (Å²) in [4.78, 5) is 23.9. The minimum absolute atomic E-state index is 0.339. The Bertz CT molecular complexity index is 645. The van der Waals surface area contributed by atoms with Crippen molar-refractivity contribution in [3.8, 4) is 5.75 Å². The van der Waals surface area contributed by atoms with Gasteiger partial charge in [0.25, 0.3) is 5.78 Å². The van der Waals surface area contributed by atoms with Crippen LogP contribution >= 0.6 is 0 Å². The molecule has 2 aromatic carbocycles. The van der Waals surface area contributed by atoms with Gasteiger partial charge < -0.3 is 4.74 Å². The molecule has 0 atom stereocenters. The molecule has 0 aliphatic rings. The topological polar surface area (TPSA) is 43.4 Å². The maximum Gasteiger partial charge on any atom is 0.385 e. The lowest BCUT2D eigenvalue weighted by atomic mass is 10.1. The predicted octanol–water partition coefficient (Wildman–Crippen LogP) is 4.99. The number of Topliss-reactive ketones (excluding diaryl/α,β-unsaturated/α-hetero) is 1. The van der Waals surface area contributed by atoms with Crippen LogP contribution < -0.4 is 4.74 Å². The molecule has 0 saturated carbocycles. The highest BCUT2D eigenvalue weighted by atomic mass is 16.5. The highest BCUT2D eigenvalue weighted by Crippen LogP contribution is 2.16. The van der Waals surface area contributed by atoms with Crippen LogP contribution in [0.3, 0.4) is 0 Å². The molecule has 24 heavy (non-hydrogen) atoms. The van der Waals surface area contributed by atoms with Crippen molar-refractivity contribution in [3.63, 3.8) is 0 Å². The van der Waals surface area contributed by atoms with Gasteiger partial charge >= 0.3 is 5.97 Å². The Kier molecular flexibility index (Phi) is 7.21. The van der Waals surface area contributed by atoms with Gasteiger partial charge in [0, 0.05) is 5.56 Å². The zero-order valence-corrected chi connectivity index (χ0v) is 14.2. The van der Waals surface area contributed by atoms with Crippen molar-refractivity contribution in [2.75, 3.05) is 0 Å². The van der Waals surface area contributed by atoms with E-state index < -0.39 is 11.8 Å². The summed E-state index contributed by atoms with van der Waals surface area (Å²) in [7, 11) is 0. The number of benzene rings is 2. The van der Waals surface area contributed by atoms with Gasteiger partial charge in [-0.15, -0.1) is 0 Å². The summed E-state index contributed by atoms with van der Waals surface area (Å²) in [6.45, 7) is 2.21. The van der Waals surface area contributed by atoms with Crippen LogP contribution in [-0.2, 0) is 11.2 Å². The largest absolute Gasteiger partial charge is 0.421 e. The van der Waals surface area contributed by atoms with Crippen LogP contribution in [0.4, 0.5) is 0 Å². The number of hydrogen-bond acceptors (Lipinski definition) is 3. The van der Waals surface area contributed by atoms with Gasteiger partial charge in [0.2, 0.25) is 0 Å². The van der Waals surface area contributed by atoms with Gasteiger partial charge in [-0.3, -0.25) is 4.79 Å². The van der Waals surface area contributed by atoms with Crippen molar-refractivity contribution in [3.05, 3.63) is 65.7 Å². The lowest BCUT2D eigenvalue weighted by molar-refractivity contribution is -0.129. The molecule has 0 radical (unpaired) electrons. The molecule has 0 heterocycles. The zero-order chi connectivity index (χ0) is 17.2. The van der Waals surface area contributed by atoms with Crippen LogP contribution in [0.2, 0.25) is 0 Å². The van der Waals surface area contributed by atoms with Gasteiger partial charge in [-0.2, -0.15) is 0 Å². The second kappa shape index (κ2) is 9.66. The van der Waals surface area contributed by atoms with Gasteiger partial charge in [-0.05, 0) is 30.5 Å². The van der Waals surface area contributed by atoms with E-state index in [1.54, 1.807) is 42.5 Å². The Morgan fingerprint density at radius 2 is 1.50 bits per heavy atom. The molecule has 0 bridgehead atoms. The standard InChI is InChI=1S/C21H24O3/c1-2-3-4-5-7-10-17-13-15-19(16-14-17)24-21(23)20(22)18-11-8-6-9-12-18/h6,8-9,11-16H,2-5,7,10H2,1H3. The van der Waals surface area contributed by atoms with E-state index in [1.807, 2.05) is 12.1 Å². The third-order valence-corrected chi connectivity index (χ3v) is 3.92. The van der Waals surface area contributed by atoms with Crippen molar-refractivity contribution >= 4 is 11.8 Å².